The molecule has 17 heavy (non-hydrogen) atoms. The summed E-state index contributed by atoms with van der Waals surface area (Å²) < 4.78 is 2.02. The predicted molar refractivity (Wildman–Crippen MR) is 62.8 cm³/mol. The highest BCUT2D eigenvalue weighted by Crippen LogP contribution is 1.99. The third-order valence-corrected chi connectivity index (χ3v) is 2.42. The Morgan fingerprint density at radius 2 is 2.12 bits per heavy atom. The van der Waals surface area contributed by atoms with Gasteiger partial charge in [0.1, 0.15) is 6.54 Å². The maximum atomic E-state index is 8.34. The molecule has 1 aromatic carbocycles. The van der Waals surface area contributed by atoms with Crippen LogP contribution in [0.25, 0.3) is 10.4 Å². The van der Waals surface area contributed by atoms with Gasteiger partial charge in [-0.25, -0.2) is 0 Å². The first-order valence-electron chi connectivity index (χ1n) is 5.27. The van der Waals surface area contributed by atoms with E-state index < -0.39 is 0 Å². The predicted octanol–water partition coefficient (Wildman–Crippen LogP) is 2.23. The maximum Gasteiger partial charge on any atom is 0.205 e. The largest absolute Gasteiger partial charge is 0.252 e. The van der Waals surface area contributed by atoms with Crippen molar-refractivity contribution in [2.45, 2.75) is 13.1 Å². The van der Waals surface area contributed by atoms with Crippen LogP contribution in [-0.4, -0.2) is 4.98 Å². The number of hydrogen-bond donors (Lipinski definition) is 0. The minimum absolute atomic E-state index is 0.317. The van der Waals surface area contributed by atoms with E-state index in [2.05, 4.69) is 27.1 Å². The van der Waals surface area contributed by atoms with E-state index in [1.54, 1.807) is 12.4 Å². The summed E-state index contributed by atoms with van der Waals surface area (Å²) in [7, 11) is 0. The molecule has 84 valence electrons. The molecule has 0 aliphatic rings. The first kappa shape index (κ1) is 11.1. The molecule has 0 aliphatic heterocycles. The van der Waals surface area contributed by atoms with Crippen molar-refractivity contribution in [2.75, 3.05) is 0 Å². The van der Waals surface area contributed by atoms with Gasteiger partial charge in [0.2, 0.25) is 5.69 Å². The Hall–Kier alpha value is -2.39. The van der Waals surface area contributed by atoms with Crippen molar-refractivity contribution in [3.8, 4) is 0 Å². The first-order valence-corrected chi connectivity index (χ1v) is 5.27. The van der Waals surface area contributed by atoms with Gasteiger partial charge in [-0.2, -0.15) is 4.57 Å². The minimum Gasteiger partial charge on any atom is -0.252 e. The number of benzene rings is 1. The van der Waals surface area contributed by atoms with Crippen LogP contribution in [0.1, 0.15) is 11.3 Å². The minimum atomic E-state index is 0.317. The zero-order valence-corrected chi connectivity index (χ0v) is 9.27. The lowest BCUT2D eigenvalue weighted by molar-refractivity contribution is -0.696. The lowest BCUT2D eigenvalue weighted by Gasteiger charge is -2.01. The van der Waals surface area contributed by atoms with Gasteiger partial charge in [-0.1, -0.05) is 35.4 Å². The second-order valence-corrected chi connectivity index (χ2v) is 3.57. The molecule has 0 saturated heterocycles. The summed E-state index contributed by atoms with van der Waals surface area (Å²) in [6, 6.07) is 10.1. The van der Waals surface area contributed by atoms with E-state index in [1.165, 1.54) is 5.56 Å². The average molecular weight is 226 g/mol. The van der Waals surface area contributed by atoms with Gasteiger partial charge in [0.05, 0.1) is 12.4 Å². The fourth-order valence-corrected chi connectivity index (χ4v) is 1.59. The first-order chi connectivity index (χ1) is 8.40. The molecule has 0 N–H and O–H groups in total. The Bertz CT molecular complexity index is 532. The van der Waals surface area contributed by atoms with Crippen molar-refractivity contribution in [3.63, 3.8) is 0 Å². The van der Waals surface area contributed by atoms with E-state index in [1.807, 2.05) is 29.0 Å². The molecule has 0 radical (unpaired) electrons. The zero-order valence-electron chi connectivity index (χ0n) is 9.27. The van der Waals surface area contributed by atoms with Gasteiger partial charge in [-0.15, -0.1) is 0 Å². The molecule has 0 fully saturated rings. The van der Waals surface area contributed by atoms with Crippen LogP contribution in [0.15, 0.2) is 54.0 Å². The highest BCUT2D eigenvalue weighted by Gasteiger charge is 2.09. The fraction of sp³-hybridized carbons (Fsp3) is 0.167. The third kappa shape index (κ3) is 3.03. The van der Waals surface area contributed by atoms with Crippen LogP contribution in [-0.2, 0) is 13.1 Å². The Morgan fingerprint density at radius 1 is 1.29 bits per heavy atom. The Kier molecular flexibility index (Phi) is 3.68. The van der Waals surface area contributed by atoms with Gasteiger partial charge in [0, 0.05) is 10.5 Å². The summed E-state index contributed by atoms with van der Waals surface area (Å²) >= 11 is 0. The third-order valence-electron chi connectivity index (χ3n) is 2.42. The van der Waals surface area contributed by atoms with E-state index in [4.69, 9.17) is 5.53 Å². The van der Waals surface area contributed by atoms with Crippen molar-refractivity contribution in [1.29, 1.82) is 0 Å². The highest BCUT2D eigenvalue weighted by atomic mass is 15.1. The van der Waals surface area contributed by atoms with Crippen molar-refractivity contribution >= 4 is 0 Å². The lowest BCUT2D eigenvalue weighted by atomic mass is 10.2. The summed E-state index contributed by atoms with van der Waals surface area (Å²) in [5.41, 5.74) is 10.4. The molecule has 1 aromatic heterocycles. The van der Waals surface area contributed by atoms with Gasteiger partial charge in [0.25, 0.3) is 0 Å². The molecule has 0 spiro atoms. The second kappa shape index (κ2) is 5.63. The van der Waals surface area contributed by atoms with E-state index in [0.29, 0.717) is 6.54 Å². The summed E-state index contributed by atoms with van der Waals surface area (Å²) in [6.07, 6.45) is 5.33. The normalized spacial score (nSPS) is 9.65. The second-order valence-electron chi connectivity index (χ2n) is 3.57. The van der Waals surface area contributed by atoms with Crippen LogP contribution in [0, 0.1) is 0 Å². The van der Waals surface area contributed by atoms with Gasteiger partial charge in [-0.05, 0) is 5.53 Å². The van der Waals surface area contributed by atoms with Crippen LogP contribution in [0.5, 0.6) is 0 Å². The maximum absolute atomic E-state index is 8.34. The number of nitrogens with zero attached hydrogens (tertiary/aromatic N) is 5. The molecule has 0 unspecified atom stereocenters. The summed E-state index contributed by atoms with van der Waals surface area (Å²) in [6.45, 7) is 1.07. The van der Waals surface area contributed by atoms with E-state index >= 15 is 0 Å². The van der Waals surface area contributed by atoms with E-state index in [0.717, 1.165) is 12.2 Å². The topological polar surface area (TPSA) is 65.5 Å². The SMILES string of the molecule is [N-]=[N+]=NCc1cncc[n+]1Cc1ccccc1. The van der Waals surface area contributed by atoms with Crippen molar-refractivity contribution < 1.29 is 4.57 Å². The van der Waals surface area contributed by atoms with Crippen LogP contribution in [0.2, 0.25) is 0 Å². The molecule has 2 rings (SSSR count). The number of azide groups is 1. The molecule has 5 nitrogen and oxygen atoms in total. The van der Waals surface area contributed by atoms with Gasteiger partial charge < -0.3 is 0 Å². The zero-order chi connectivity index (χ0) is 11.9. The van der Waals surface area contributed by atoms with Gasteiger partial charge in [0.15, 0.2) is 12.7 Å². The fourth-order valence-electron chi connectivity index (χ4n) is 1.59. The van der Waals surface area contributed by atoms with E-state index in [9.17, 15) is 0 Å². The molecule has 0 saturated carbocycles. The van der Waals surface area contributed by atoms with Gasteiger partial charge >= 0.3 is 0 Å². The number of rotatable bonds is 4. The molecule has 1 heterocycles. The Labute approximate surface area is 99.0 Å². The lowest BCUT2D eigenvalue weighted by Crippen LogP contribution is -2.38. The molecule has 0 atom stereocenters. The van der Waals surface area contributed by atoms with Crippen molar-refractivity contribution in [1.82, 2.24) is 4.98 Å². The quantitative estimate of drug-likeness (QED) is 0.341. The van der Waals surface area contributed by atoms with Gasteiger partial charge in [-0.3, -0.25) is 4.98 Å². The van der Waals surface area contributed by atoms with Crippen LogP contribution in [0.4, 0.5) is 0 Å². The highest BCUT2D eigenvalue weighted by molar-refractivity contribution is 5.13. The summed E-state index contributed by atoms with van der Waals surface area (Å²) in [4.78, 5) is 6.80. The van der Waals surface area contributed by atoms with Crippen LogP contribution >= 0.6 is 0 Å². The van der Waals surface area contributed by atoms with Crippen LogP contribution in [0.3, 0.4) is 0 Å². The average Bonchev–Trinajstić information content (AvgIpc) is 2.39. The smallest absolute Gasteiger partial charge is 0.205 e. The van der Waals surface area contributed by atoms with E-state index in [-0.39, 0.29) is 0 Å². The molecule has 2 aromatic rings. The Morgan fingerprint density at radius 3 is 2.88 bits per heavy atom. The van der Waals surface area contributed by atoms with Crippen LogP contribution < -0.4 is 4.57 Å². The summed E-state index contributed by atoms with van der Waals surface area (Å²) in [5, 5.41) is 3.56. The molecular formula is C12H12N5+. The Balaban J connectivity index is 2.23. The van der Waals surface area contributed by atoms with Crippen molar-refractivity contribution in [2.24, 2.45) is 5.11 Å². The molecule has 0 bridgehead atoms. The van der Waals surface area contributed by atoms with Crippen molar-refractivity contribution in [3.05, 3.63) is 70.6 Å². The number of aromatic nitrogens is 2. The summed E-state index contributed by atoms with van der Waals surface area (Å²) in [5.74, 6) is 0. The molecule has 0 aliphatic carbocycles. The molecular weight excluding hydrogens is 214 g/mol. The molecule has 0 amide bonds. The monoisotopic (exact) mass is 226 g/mol. The molecule has 5 heteroatoms. The number of hydrogen-bond acceptors (Lipinski definition) is 2. The standard InChI is InChI=1S/C12H12N5/c13-16-15-9-12-8-14-6-7-17(12)10-11-4-2-1-3-5-11/h1-8H,9-10H2/q+1.